The van der Waals surface area contributed by atoms with Crippen LogP contribution in [0.3, 0.4) is 0 Å². The van der Waals surface area contributed by atoms with Crippen LogP contribution in [0.4, 0.5) is 0 Å². The highest BCUT2D eigenvalue weighted by Crippen LogP contribution is 2.41. The molecule has 4 aromatic rings. The smallest absolute Gasteiger partial charge is 0.00210 e. The maximum Gasteiger partial charge on any atom is -0.00210 e. The fraction of sp³-hybridized carbons (Fsp3) is 0.238. The van der Waals surface area contributed by atoms with Crippen molar-refractivity contribution in [2.24, 2.45) is 0 Å². The Labute approximate surface area is 125 Å². The minimum Gasteiger partial charge on any atom is -0.0581 e. The van der Waals surface area contributed by atoms with Crippen LogP contribution < -0.4 is 0 Å². The predicted molar refractivity (Wildman–Crippen MR) is 93.8 cm³/mol. The van der Waals surface area contributed by atoms with Gasteiger partial charge in [0.25, 0.3) is 0 Å². The van der Waals surface area contributed by atoms with Crippen LogP contribution in [0.5, 0.6) is 0 Å². The summed E-state index contributed by atoms with van der Waals surface area (Å²) in [6, 6.07) is 11.6. The van der Waals surface area contributed by atoms with E-state index in [1.807, 2.05) is 0 Å². The van der Waals surface area contributed by atoms with E-state index in [9.17, 15) is 0 Å². The van der Waals surface area contributed by atoms with Gasteiger partial charge in [-0.15, -0.1) is 0 Å². The molecule has 0 fully saturated rings. The molecule has 0 saturated heterocycles. The molecule has 0 unspecified atom stereocenters. The zero-order valence-corrected chi connectivity index (χ0v) is 13.4. The van der Waals surface area contributed by atoms with E-state index in [2.05, 4.69) is 65.0 Å². The maximum atomic E-state index is 2.38. The van der Waals surface area contributed by atoms with Crippen molar-refractivity contribution < 1.29 is 0 Å². The molecule has 0 aliphatic rings. The first-order chi connectivity index (χ1) is 9.99. The average Bonchev–Trinajstić information content (AvgIpc) is 2.43. The molecular weight excluding hydrogens is 252 g/mol. The summed E-state index contributed by atoms with van der Waals surface area (Å²) in [5.74, 6) is 0. The second kappa shape index (κ2) is 3.98. The van der Waals surface area contributed by atoms with Gasteiger partial charge in [-0.05, 0) is 94.8 Å². The van der Waals surface area contributed by atoms with Crippen molar-refractivity contribution in [1.82, 2.24) is 0 Å². The number of benzene rings is 4. The third-order valence-electron chi connectivity index (χ3n) is 5.14. The van der Waals surface area contributed by atoms with Gasteiger partial charge in [0.1, 0.15) is 0 Å². The molecule has 0 atom stereocenters. The zero-order valence-electron chi connectivity index (χ0n) is 13.4. The highest BCUT2D eigenvalue weighted by molar-refractivity contribution is 6.25. The van der Waals surface area contributed by atoms with Crippen LogP contribution in [0, 0.1) is 34.6 Å². The monoisotopic (exact) mass is 272 g/mol. The summed E-state index contributed by atoms with van der Waals surface area (Å²) >= 11 is 0. The van der Waals surface area contributed by atoms with E-state index >= 15 is 0 Å². The Morgan fingerprint density at radius 3 is 2.00 bits per heavy atom. The largest absolute Gasteiger partial charge is 0.0581 e. The third-order valence-corrected chi connectivity index (χ3v) is 5.14. The van der Waals surface area contributed by atoms with Crippen LogP contribution in [0.25, 0.3) is 32.3 Å². The van der Waals surface area contributed by atoms with Gasteiger partial charge in [0.15, 0.2) is 0 Å². The summed E-state index contributed by atoms with van der Waals surface area (Å²) in [4.78, 5) is 0. The van der Waals surface area contributed by atoms with E-state index in [4.69, 9.17) is 0 Å². The van der Waals surface area contributed by atoms with Crippen molar-refractivity contribution in [1.29, 1.82) is 0 Å². The Morgan fingerprint density at radius 1 is 0.524 bits per heavy atom. The lowest BCUT2D eigenvalue weighted by Crippen LogP contribution is -1.94. The standard InChI is InChI=1S/C21H20/c1-11-6-7-17-13(3)9-16-8-12(2)15(5)19-14(4)10-18(11)21(17)20(16)19/h6-10H,1-5H3. The highest BCUT2D eigenvalue weighted by atomic mass is 14.2. The quantitative estimate of drug-likeness (QED) is 0.338. The minimum atomic E-state index is 1.37. The molecule has 21 heavy (non-hydrogen) atoms. The molecule has 104 valence electrons. The van der Waals surface area contributed by atoms with E-state index in [0.29, 0.717) is 0 Å². The van der Waals surface area contributed by atoms with Gasteiger partial charge in [-0.3, -0.25) is 0 Å². The van der Waals surface area contributed by atoms with Gasteiger partial charge < -0.3 is 0 Å². The maximum absolute atomic E-state index is 2.38. The van der Waals surface area contributed by atoms with Crippen molar-refractivity contribution in [3.8, 4) is 0 Å². The Balaban J connectivity index is 2.49. The van der Waals surface area contributed by atoms with E-state index in [0.717, 1.165) is 0 Å². The van der Waals surface area contributed by atoms with Crippen LogP contribution in [-0.2, 0) is 0 Å². The first-order valence-electron chi connectivity index (χ1n) is 7.64. The van der Waals surface area contributed by atoms with E-state index < -0.39 is 0 Å². The first kappa shape index (κ1) is 12.6. The number of aryl methyl sites for hydroxylation is 5. The van der Waals surface area contributed by atoms with Crippen molar-refractivity contribution in [3.63, 3.8) is 0 Å². The Morgan fingerprint density at radius 2 is 1.24 bits per heavy atom. The van der Waals surface area contributed by atoms with Crippen LogP contribution in [0.1, 0.15) is 27.8 Å². The molecule has 0 heteroatoms. The van der Waals surface area contributed by atoms with Gasteiger partial charge in [0.05, 0.1) is 0 Å². The highest BCUT2D eigenvalue weighted by Gasteiger charge is 2.15. The molecule has 0 bridgehead atoms. The van der Waals surface area contributed by atoms with E-state index in [1.54, 1.807) is 0 Å². The van der Waals surface area contributed by atoms with Crippen molar-refractivity contribution in [2.75, 3.05) is 0 Å². The van der Waals surface area contributed by atoms with Crippen molar-refractivity contribution in [3.05, 3.63) is 58.1 Å². The number of hydrogen-bond acceptors (Lipinski definition) is 0. The molecule has 0 aliphatic heterocycles. The number of hydrogen-bond donors (Lipinski definition) is 0. The Hall–Kier alpha value is -2.08. The van der Waals surface area contributed by atoms with Crippen LogP contribution >= 0.6 is 0 Å². The molecule has 0 N–H and O–H groups in total. The molecule has 0 spiro atoms. The van der Waals surface area contributed by atoms with Gasteiger partial charge in [-0.1, -0.05) is 30.3 Å². The minimum absolute atomic E-state index is 1.37. The normalized spacial score (nSPS) is 12.0. The molecule has 0 amide bonds. The molecule has 0 aliphatic carbocycles. The van der Waals surface area contributed by atoms with Crippen LogP contribution in [0.15, 0.2) is 30.3 Å². The van der Waals surface area contributed by atoms with E-state index in [1.165, 1.54) is 60.1 Å². The van der Waals surface area contributed by atoms with Gasteiger partial charge in [-0.25, -0.2) is 0 Å². The summed E-state index contributed by atoms with van der Waals surface area (Å²) < 4.78 is 0. The van der Waals surface area contributed by atoms with Crippen molar-refractivity contribution >= 4 is 32.3 Å². The first-order valence-corrected chi connectivity index (χ1v) is 7.64. The zero-order chi connectivity index (χ0) is 14.9. The lowest BCUT2D eigenvalue weighted by Gasteiger charge is -2.19. The molecule has 0 nitrogen and oxygen atoms in total. The van der Waals surface area contributed by atoms with Crippen LogP contribution in [0.2, 0.25) is 0 Å². The summed E-state index contributed by atoms with van der Waals surface area (Å²) in [5.41, 5.74) is 6.96. The molecule has 0 radical (unpaired) electrons. The van der Waals surface area contributed by atoms with Gasteiger partial charge in [0.2, 0.25) is 0 Å². The lowest BCUT2D eigenvalue weighted by molar-refractivity contribution is 1.37. The molecule has 0 heterocycles. The topological polar surface area (TPSA) is 0 Å². The average molecular weight is 272 g/mol. The summed E-state index contributed by atoms with van der Waals surface area (Å²) in [6.45, 7) is 11.2. The summed E-state index contributed by atoms with van der Waals surface area (Å²) in [6.07, 6.45) is 0. The SMILES string of the molecule is Cc1cc2cc(C)c3ccc(C)c4cc(C)c(c1C)c2c34. The lowest BCUT2D eigenvalue weighted by atomic mass is 9.85. The fourth-order valence-corrected chi connectivity index (χ4v) is 3.93. The second-order valence-electron chi connectivity index (χ2n) is 6.53. The molecule has 0 aromatic heterocycles. The number of rotatable bonds is 0. The molecular formula is C21H20. The summed E-state index contributed by atoms with van der Waals surface area (Å²) in [7, 11) is 0. The predicted octanol–water partition coefficient (Wildman–Crippen LogP) is 6.13. The van der Waals surface area contributed by atoms with Gasteiger partial charge in [-0.2, -0.15) is 0 Å². The molecule has 4 rings (SSSR count). The van der Waals surface area contributed by atoms with Crippen LogP contribution in [-0.4, -0.2) is 0 Å². The third kappa shape index (κ3) is 1.51. The molecule has 4 aromatic carbocycles. The Kier molecular flexibility index (Phi) is 2.39. The second-order valence-corrected chi connectivity index (χ2v) is 6.53. The summed E-state index contributed by atoms with van der Waals surface area (Å²) in [5, 5.41) is 8.56. The van der Waals surface area contributed by atoms with Gasteiger partial charge >= 0.3 is 0 Å². The molecule has 0 saturated carbocycles. The van der Waals surface area contributed by atoms with Gasteiger partial charge in [0, 0.05) is 0 Å². The van der Waals surface area contributed by atoms with E-state index in [-0.39, 0.29) is 0 Å². The van der Waals surface area contributed by atoms with Crippen molar-refractivity contribution in [2.45, 2.75) is 34.6 Å². The Bertz CT molecular complexity index is 1020. The fourth-order valence-electron chi connectivity index (χ4n) is 3.93.